The lowest BCUT2D eigenvalue weighted by molar-refractivity contribution is 0.161. The Balaban J connectivity index is 1.91. The van der Waals surface area contributed by atoms with Crippen LogP contribution in [-0.4, -0.2) is 17.4 Å². The fourth-order valence-electron chi connectivity index (χ4n) is 3.21. The average Bonchev–Trinajstić information content (AvgIpc) is 2.98. The third-order valence-corrected chi connectivity index (χ3v) is 4.35. The summed E-state index contributed by atoms with van der Waals surface area (Å²) in [5.74, 6) is 2.42. The zero-order valence-electron chi connectivity index (χ0n) is 12.9. The minimum atomic E-state index is -0.334. The molecule has 3 heterocycles. The maximum atomic E-state index is 6.26. The third kappa shape index (κ3) is 1.81. The molecule has 0 radical (unpaired) electrons. The molecule has 3 aromatic rings. The topological polar surface area (TPSA) is 40.6 Å². The molecule has 4 nitrogen and oxygen atoms in total. The van der Waals surface area contributed by atoms with E-state index >= 15 is 0 Å². The normalized spacial score (nSPS) is 17.3. The largest absolute Gasteiger partial charge is 0.482 e. The number of rotatable bonds is 0. The van der Waals surface area contributed by atoms with E-state index in [-0.39, 0.29) is 12.4 Å². The Hall–Kier alpha value is -2.75. The standard InChI is InChI=1S/C19H15NO3/c1-19(2)6-5-11-3-4-14-17(18(11)23-19)13-8-16-15(21-10-22-16)7-12(13)9-20-14/h3-9H,10H2,1-2H3. The van der Waals surface area contributed by atoms with Gasteiger partial charge >= 0.3 is 0 Å². The lowest BCUT2D eigenvalue weighted by Gasteiger charge is -2.29. The predicted molar refractivity (Wildman–Crippen MR) is 89.1 cm³/mol. The minimum absolute atomic E-state index is 0.265. The van der Waals surface area contributed by atoms with Crippen molar-refractivity contribution in [2.24, 2.45) is 0 Å². The Labute approximate surface area is 133 Å². The van der Waals surface area contributed by atoms with E-state index in [1.807, 2.05) is 24.4 Å². The summed E-state index contributed by atoms with van der Waals surface area (Å²) in [6.07, 6.45) is 6.06. The molecule has 4 heteroatoms. The fraction of sp³-hybridized carbons (Fsp3) is 0.211. The van der Waals surface area contributed by atoms with Crippen molar-refractivity contribution in [2.75, 3.05) is 6.79 Å². The molecule has 0 fully saturated rings. The van der Waals surface area contributed by atoms with Crippen LogP contribution in [-0.2, 0) is 0 Å². The molecule has 0 unspecified atom stereocenters. The predicted octanol–water partition coefficient (Wildman–Crippen LogP) is 4.30. The Bertz CT molecular complexity index is 1000. The van der Waals surface area contributed by atoms with Crippen LogP contribution < -0.4 is 14.2 Å². The van der Waals surface area contributed by atoms with Crippen LogP contribution in [0.25, 0.3) is 27.8 Å². The number of hydrogen-bond acceptors (Lipinski definition) is 4. The van der Waals surface area contributed by atoms with Gasteiger partial charge in [0, 0.05) is 22.5 Å². The van der Waals surface area contributed by atoms with Crippen LogP contribution in [0.5, 0.6) is 17.2 Å². The Morgan fingerprint density at radius 2 is 1.91 bits per heavy atom. The van der Waals surface area contributed by atoms with Crippen LogP contribution in [0, 0.1) is 0 Å². The van der Waals surface area contributed by atoms with Gasteiger partial charge in [-0.05, 0) is 44.2 Å². The van der Waals surface area contributed by atoms with Gasteiger partial charge in [-0.2, -0.15) is 0 Å². The van der Waals surface area contributed by atoms with E-state index < -0.39 is 0 Å². The van der Waals surface area contributed by atoms with Crippen LogP contribution in [0.3, 0.4) is 0 Å². The fourth-order valence-corrected chi connectivity index (χ4v) is 3.21. The number of benzene rings is 2. The lowest BCUT2D eigenvalue weighted by Crippen LogP contribution is -2.27. The lowest BCUT2D eigenvalue weighted by atomic mass is 9.97. The Kier molecular flexibility index (Phi) is 2.31. The van der Waals surface area contributed by atoms with Gasteiger partial charge in [-0.1, -0.05) is 6.08 Å². The number of ether oxygens (including phenoxy) is 3. The second-order valence-corrected chi connectivity index (χ2v) is 6.47. The van der Waals surface area contributed by atoms with Gasteiger partial charge in [0.2, 0.25) is 6.79 Å². The maximum absolute atomic E-state index is 6.26. The van der Waals surface area contributed by atoms with E-state index in [1.165, 1.54) is 0 Å². The summed E-state index contributed by atoms with van der Waals surface area (Å²) in [5.41, 5.74) is 1.66. The second-order valence-electron chi connectivity index (χ2n) is 6.47. The van der Waals surface area contributed by atoms with E-state index in [4.69, 9.17) is 14.2 Å². The summed E-state index contributed by atoms with van der Waals surface area (Å²) < 4.78 is 17.3. The average molecular weight is 305 g/mol. The van der Waals surface area contributed by atoms with Gasteiger partial charge < -0.3 is 14.2 Å². The summed E-state index contributed by atoms with van der Waals surface area (Å²) >= 11 is 0. The number of pyridine rings is 1. The van der Waals surface area contributed by atoms with Gasteiger partial charge in [0.05, 0.1) is 10.9 Å². The molecule has 0 aliphatic carbocycles. The van der Waals surface area contributed by atoms with Gasteiger partial charge in [0.25, 0.3) is 0 Å². The molecule has 0 saturated carbocycles. The van der Waals surface area contributed by atoms with E-state index in [2.05, 4.69) is 37.0 Å². The highest BCUT2D eigenvalue weighted by Crippen LogP contribution is 2.43. The van der Waals surface area contributed by atoms with Crippen molar-refractivity contribution in [1.82, 2.24) is 4.98 Å². The minimum Gasteiger partial charge on any atom is -0.482 e. The summed E-state index contributed by atoms with van der Waals surface area (Å²) in [6, 6.07) is 8.09. The molecule has 114 valence electrons. The summed E-state index contributed by atoms with van der Waals surface area (Å²) in [5, 5.41) is 3.11. The molecule has 5 rings (SSSR count). The maximum Gasteiger partial charge on any atom is 0.231 e. The molecule has 0 N–H and O–H groups in total. The van der Waals surface area contributed by atoms with E-state index in [0.717, 1.165) is 44.5 Å². The zero-order chi connectivity index (χ0) is 15.6. The molecular formula is C19H15NO3. The van der Waals surface area contributed by atoms with Crippen molar-refractivity contribution in [3.8, 4) is 17.2 Å². The van der Waals surface area contributed by atoms with Gasteiger partial charge in [-0.25, -0.2) is 0 Å². The Morgan fingerprint density at radius 3 is 2.78 bits per heavy atom. The highest BCUT2D eigenvalue weighted by Gasteiger charge is 2.25. The third-order valence-electron chi connectivity index (χ3n) is 4.35. The first-order valence-corrected chi connectivity index (χ1v) is 7.64. The van der Waals surface area contributed by atoms with Crippen LogP contribution in [0.15, 0.2) is 36.5 Å². The van der Waals surface area contributed by atoms with Crippen molar-refractivity contribution in [3.63, 3.8) is 0 Å². The van der Waals surface area contributed by atoms with Crippen LogP contribution in [0.2, 0.25) is 0 Å². The zero-order valence-corrected chi connectivity index (χ0v) is 12.9. The molecule has 0 saturated heterocycles. The highest BCUT2D eigenvalue weighted by atomic mass is 16.7. The number of hydrogen-bond donors (Lipinski definition) is 0. The summed E-state index contributed by atoms with van der Waals surface area (Å²) in [6.45, 7) is 4.37. The molecule has 0 bridgehead atoms. The molecule has 2 aliphatic heterocycles. The first-order chi connectivity index (χ1) is 11.1. The highest BCUT2D eigenvalue weighted by molar-refractivity contribution is 6.11. The van der Waals surface area contributed by atoms with E-state index in [0.29, 0.717) is 0 Å². The number of nitrogens with zero attached hydrogens (tertiary/aromatic N) is 1. The van der Waals surface area contributed by atoms with Crippen molar-refractivity contribution in [3.05, 3.63) is 42.1 Å². The van der Waals surface area contributed by atoms with Gasteiger partial charge in [-0.3, -0.25) is 4.98 Å². The first-order valence-electron chi connectivity index (χ1n) is 7.64. The van der Waals surface area contributed by atoms with E-state index in [1.54, 1.807) is 0 Å². The molecule has 0 amide bonds. The first kappa shape index (κ1) is 12.8. The van der Waals surface area contributed by atoms with Crippen molar-refractivity contribution in [2.45, 2.75) is 19.4 Å². The SMILES string of the molecule is CC1(C)C=Cc2ccc3ncc4cc5c(cc4c3c2O1)OCO5. The van der Waals surface area contributed by atoms with Gasteiger partial charge in [0.15, 0.2) is 11.5 Å². The van der Waals surface area contributed by atoms with Crippen LogP contribution in [0.4, 0.5) is 0 Å². The molecular weight excluding hydrogens is 290 g/mol. The molecule has 2 aliphatic rings. The van der Waals surface area contributed by atoms with Crippen LogP contribution >= 0.6 is 0 Å². The molecule has 2 aromatic carbocycles. The summed E-state index contributed by atoms with van der Waals surface area (Å²) in [4.78, 5) is 4.59. The smallest absolute Gasteiger partial charge is 0.231 e. The van der Waals surface area contributed by atoms with Gasteiger partial charge in [-0.15, -0.1) is 0 Å². The van der Waals surface area contributed by atoms with Crippen molar-refractivity contribution >= 4 is 27.8 Å². The van der Waals surface area contributed by atoms with Crippen molar-refractivity contribution < 1.29 is 14.2 Å². The van der Waals surface area contributed by atoms with E-state index in [9.17, 15) is 0 Å². The molecule has 0 spiro atoms. The van der Waals surface area contributed by atoms with Crippen LogP contribution in [0.1, 0.15) is 19.4 Å². The molecule has 1 aromatic heterocycles. The molecule has 0 atom stereocenters. The number of aromatic nitrogens is 1. The number of fused-ring (bicyclic) bond motifs is 6. The summed E-state index contributed by atoms with van der Waals surface area (Å²) in [7, 11) is 0. The molecule has 23 heavy (non-hydrogen) atoms. The van der Waals surface area contributed by atoms with Crippen molar-refractivity contribution in [1.29, 1.82) is 0 Å². The monoisotopic (exact) mass is 305 g/mol. The second kappa shape index (κ2) is 4.16. The van der Waals surface area contributed by atoms with Gasteiger partial charge in [0.1, 0.15) is 11.4 Å². The Morgan fingerprint density at radius 1 is 1.09 bits per heavy atom. The quantitative estimate of drug-likeness (QED) is 0.581.